The summed E-state index contributed by atoms with van der Waals surface area (Å²) in [6, 6.07) is 14.6. The van der Waals surface area contributed by atoms with Gasteiger partial charge in [0.15, 0.2) is 0 Å². The van der Waals surface area contributed by atoms with E-state index >= 15 is 0 Å². The van der Waals surface area contributed by atoms with Crippen LogP contribution in [0.25, 0.3) is 0 Å². The summed E-state index contributed by atoms with van der Waals surface area (Å²) < 4.78 is 10.7. The quantitative estimate of drug-likeness (QED) is 0.864. The zero-order chi connectivity index (χ0) is 16.5. The van der Waals surface area contributed by atoms with Gasteiger partial charge >= 0.3 is 0 Å². The highest BCUT2D eigenvalue weighted by Crippen LogP contribution is 2.17. The lowest BCUT2D eigenvalue weighted by Gasteiger charge is -2.08. The van der Waals surface area contributed by atoms with Crippen LogP contribution in [0.2, 0.25) is 0 Å². The van der Waals surface area contributed by atoms with Gasteiger partial charge in [-0.3, -0.25) is 4.79 Å². The number of ether oxygens (including phenoxy) is 2. The molecule has 0 fully saturated rings. The fraction of sp³-hybridized carbons (Fsp3) is 0.211. The van der Waals surface area contributed by atoms with Crippen molar-refractivity contribution in [1.82, 2.24) is 5.32 Å². The van der Waals surface area contributed by atoms with Crippen LogP contribution in [0.4, 0.5) is 0 Å². The van der Waals surface area contributed by atoms with Gasteiger partial charge in [-0.15, -0.1) is 0 Å². The molecule has 2 aromatic rings. The van der Waals surface area contributed by atoms with Crippen molar-refractivity contribution >= 4 is 5.91 Å². The Balaban J connectivity index is 2.00. The van der Waals surface area contributed by atoms with E-state index in [1.165, 1.54) is 0 Å². The van der Waals surface area contributed by atoms with Crippen molar-refractivity contribution < 1.29 is 14.3 Å². The molecule has 0 bridgehead atoms. The van der Waals surface area contributed by atoms with E-state index in [9.17, 15) is 4.79 Å². The van der Waals surface area contributed by atoms with Crippen molar-refractivity contribution in [3.8, 4) is 23.3 Å². The molecule has 2 rings (SSSR count). The first-order valence-corrected chi connectivity index (χ1v) is 7.38. The molecule has 1 amide bonds. The maximum atomic E-state index is 12.2. The number of para-hydroxylation sites is 2. The molecule has 1 N–H and O–H groups in total. The van der Waals surface area contributed by atoms with Crippen LogP contribution < -0.4 is 14.8 Å². The molecule has 4 nitrogen and oxygen atoms in total. The molecule has 23 heavy (non-hydrogen) atoms. The normalized spacial score (nSPS) is 9.48. The average molecular weight is 309 g/mol. The lowest BCUT2D eigenvalue weighted by Crippen LogP contribution is -2.24. The summed E-state index contributed by atoms with van der Waals surface area (Å²) >= 11 is 0. The number of nitrogens with one attached hydrogen (secondary N) is 1. The molecule has 0 aliphatic heterocycles. The van der Waals surface area contributed by atoms with Gasteiger partial charge in [-0.2, -0.15) is 0 Å². The van der Waals surface area contributed by atoms with Crippen LogP contribution in [-0.2, 0) is 0 Å². The number of carbonyl (C=O) groups excluding carboxylic acids is 1. The monoisotopic (exact) mass is 309 g/mol. The number of hydrogen-bond acceptors (Lipinski definition) is 3. The molecule has 118 valence electrons. The molecule has 0 aliphatic carbocycles. The third-order valence-corrected chi connectivity index (χ3v) is 3.10. The van der Waals surface area contributed by atoms with E-state index in [4.69, 9.17) is 9.47 Å². The van der Waals surface area contributed by atoms with Gasteiger partial charge in [0, 0.05) is 0 Å². The van der Waals surface area contributed by atoms with Crippen molar-refractivity contribution in [2.24, 2.45) is 0 Å². The van der Waals surface area contributed by atoms with Crippen molar-refractivity contribution in [2.75, 3.05) is 20.3 Å². The highest BCUT2D eigenvalue weighted by atomic mass is 16.5. The zero-order valence-electron chi connectivity index (χ0n) is 13.3. The third kappa shape index (κ3) is 4.52. The minimum absolute atomic E-state index is 0.205. The third-order valence-electron chi connectivity index (χ3n) is 3.10. The number of methoxy groups -OCH3 is 1. The van der Waals surface area contributed by atoms with Gasteiger partial charge in [0.2, 0.25) is 0 Å². The lowest BCUT2D eigenvalue weighted by molar-refractivity contribution is 0.0955. The maximum absolute atomic E-state index is 12.2. The van der Waals surface area contributed by atoms with Gasteiger partial charge in [0.1, 0.15) is 11.5 Å². The molecule has 0 aliphatic rings. The van der Waals surface area contributed by atoms with Crippen LogP contribution in [0.1, 0.15) is 22.8 Å². The summed E-state index contributed by atoms with van der Waals surface area (Å²) in [6.07, 6.45) is 0. The number of benzene rings is 2. The molecular weight excluding hydrogens is 290 g/mol. The molecule has 0 saturated heterocycles. The van der Waals surface area contributed by atoms with Crippen molar-refractivity contribution in [3.63, 3.8) is 0 Å². The summed E-state index contributed by atoms with van der Waals surface area (Å²) in [5.41, 5.74) is 1.30. The van der Waals surface area contributed by atoms with E-state index in [-0.39, 0.29) is 12.5 Å². The Morgan fingerprint density at radius 3 is 2.52 bits per heavy atom. The molecule has 0 saturated carbocycles. The standard InChI is InChI=1S/C19H19NO3/c1-3-23-18-13-7-5-11-16(18)19(21)20-14-8-10-15-9-4-6-12-17(15)22-2/h4-7,9,11-13H,3,14H2,1-2H3,(H,20,21). The van der Waals surface area contributed by atoms with Crippen LogP contribution in [0.5, 0.6) is 11.5 Å². The Morgan fingerprint density at radius 2 is 1.78 bits per heavy atom. The summed E-state index contributed by atoms with van der Waals surface area (Å²) in [6.45, 7) is 2.64. The lowest BCUT2D eigenvalue weighted by atomic mass is 10.2. The summed E-state index contributed by atoms with van der Waals surface area (Å²) in [5, 5.41) is 2.77. The molecule has 0 aromatic heterocycles. The van der Waals surface area contributed by atoms with Gasteiger partial charge in [-0.1, -0.05) is 36.1 Å². The summed E-state index contributed by atoms with van der Waals surface area (Å²) in [4.78, 5) is 12.2. The molecule has 0 atom stereocenters. The van der Waals surface area contributed by atoms with Gasteiger partial charge in [-0.25, -0.2) is 0 Å². The van der Waals surface area contributed by atoms with E-state index < -0.39 is 0 Å². The highest BCUT2D eigenvalue weighted by Gasteiger charge is 2.10. The first-order chi connectivity index (χ1) is 11.3. The second kappa shape index (κ2) is 8.50. The molecule has 0 heterocycles. The number of rotatable bonds is 5. The Kier molecular flexibility index (Phi) is 6.07. The van der Waals surface area contributed by atoms with Crippen LogP contribution in [-0.4, -0.2) is 26.2 Å². The van der Waals surface area contributed by atoms with Crippen molar-refractivity contribution in [1.29, 1.82) is 0 Å². The topological polar surface area (TPSA) is 47.6 Å². The molecule has 2 aromatic carbocycles. The second-order valence-electron chi connectivity index (χ2n) is 4.61. The number of carbonyl (C=O) groups is 1. The fourth-order valence-corrected chi connectivity index (χ4v) is 2.04. The number of hydrogen-bond donors (Lipinski definition) is 1. The average Bonchev–Trinajstić information content (AvgIpc) is 2.59. The first-order valence-electron chi connectivity index (χ1n) is 7.38. The molecule has 0 unspecified atom stereocenters. The molecule has 4 heteroatoms. The summed E-state index contributed by atoms with van der Waals surface area (Å²) in [5.74, 6) is 7.00. The SMILES string of the molecule is CCOc1ccccc1C(=O)NCC#Cc1ccccc1OC. The van der Waals surface area contributed by atoms with E-state index in [0.29, 0.717) is 23.7 Å². The van der Waals surface area contributed by atoms with E-state index in [2.05, 4.69) is 17.2 Å². The number of amides is 1. The minimum atomic E-state index is -0.205. The van der Waals surface area contributed by atoms with E-state index in [0.717, 1.165) is 5.56 Å². The van der Waals surface area contributed by atoms with E-state index in [1.807, 2.05) is 37.3 Å². The molecular formula is C19H19NO3. The predicted octanol–water partition coefficient (Wildman–Crippen LogP) is 2.88. The fourth-order valence-electron chi connectivity index (χ4n) is 2.04. The largest absolute Gasteiger partial charge is 0.495 e. The zero-order valence-corrected chi connectivity index (χ0v) is 13.3. The maximum Gasteiger partial charge on any atom is 0.255 e. The molecule has 0 spiro atoms. The van der Waals surface area contributed by atoms with Crippen LogP contribution in [0, 0.1) is 11.8 Å². The van der Waals surface area contributed by atoms with Gasteiger partial charge < -0.3 is 14.8 Å². The molecule has 0 radical (unpaired) electrons. The van der Waals surface area contributed by atoms with Gasteiger partial charge in [0.25, 0.3) is 5.91 Å². The Bertz CT molecular complexity index is 729. The predicted molar refractivity (Wildman–Crippen MR) is 89.8 cm³/mol. The Morgan fingerprint density at radius 1 is 1.09 bits per heavy atom. The minimum Gasteiger partial charge on any atom is -0.495 e. The van der Waals surface area contributed by atoms with Gasteiger partial charge in [0.05, 0.1) is 31.4 Å². The van der Waals surface area contributed by atoms with Crippen molar-refractivity contribution in [3.05, 3.63) is 59.7 Å². The van der Waals surface area contributed by atoms with E-state index in [1.54, 1.807) is 25.3 Å². The first kappa shape index (κ1) is 16.4. The van der Waals surface area contributed by atoms with Crippen LogP contribution in [0.15, 0.2) is 48.5 Å². The van der Waals surface area contributed by atoms with Crippen molar-refractivity contribution in [2.45, 2.75) is 6.92 Å². The van der Waals surface area contributed by atoms with Gasteiger partial charge in [-0.05, 0) is 31.2 Å². The van der Waals surface area contributed by atoms with Crippen LogP contribution >= 0.6 is 0 Å². The highest BCUT2D eigenvalue weighted by molar-refractivity contribution is 5.97. The second-order valence-corrected chi connectivity index (χ2v) is 4.61. The Labute approximate surface area is 136 Å². The Hall–Kier alpha value is -2.93. The van der Waals surface area contributed by atoms with Crippen LogP contribution in [0.3, 0.4) is 0 Å². The smallest absolute Gasteiger partial charge is 0.255 e. The summed E-state index contributed by atoms with van der Waals surface area (Å²) in [7, 11) is 1.60.